The third kappa shape index (κ3) is 4.53. The molecule has 21 heavy (non-hydrogen) atoms. The molecule has 2 aromatic rings. The first-order valence-electron chi connectivity index (χ1n) is 6.68. The number of benzene rings is 2. The maximum atomic E-state index is 12.2. The van der Waals surface area contributed by atoms with Crippen LogP contribution in [0.3, 0.4) is 0 Å². The van der Waals surface area contributed by atoms with E-state index in [1.54, 1.807) is 24.3 Å². The van der Waals surface area contributed by atoms with Crippen LogP contribution in [0.2, 0.25) is 0 Å². The summed E-state index contributed by atoms with van der Waals surface area (Å²) in [7, 11) is -1.00. The van der Waals surface area contributed by atoms with Crippen LogP contribution >= 0.6 is 0 Å². The quantitative estimate of drug-likeness (QED) is 0.920. The van der Waals surface area contributed by atoms with Crippen molar-refractivity contribution in [2.45, 2.75) is 25.4 Å². The second kappa shape index (κ2) is 6.68. The fraction of sp³-hybridized carbons (Fsp3) is 0.235. The van der Waals surface area contributed by atoms with Crippen LogP contribution in [-0.2, 0) is 22.3 Å². The topological polar surface area (TPSA) is 54.4 Å². The van der Waals surface area contributed by atoms with Crippen LogP contribution in [0.5, 0.6) is 0 Å². The second-order valence-electron chi connectivity index (χ2n) is 5.23. The van der Waals surface area contributed by atoms with Gasteiger partial charge in [0.1, 0.15) is 0 Å². The van der Waals surface area contributed by atoms with Gasteiger partial charge in [-0.25, -0.2) is 4.79 Å². The molecule has 1 unspecified atom stereocenters. The predicted molar refractivity (Wildman–Crippen MR) is 84.9 cm³/mol. The zero-order chi connectivity index (χ0) is 15.4. The highest BCUT2D eigenvalue weighted by Crippen LogP contribution is 2.14. The van der Waals surface area contributed by atoms with E-state index < -0.39 is 16.8 Å². The van der Waals surface area contributed by atoms with Crippen molar-refractivity contribution in [3.05, 3.63) is 70.3 Å². The lowest BCUT2D eigenvalue weighted by Crippen LogP contribution is -2.01. The van der Waals surface area contributed by atoms with E-state index in [9.17, 15) is 9.00 Å². The number of aromatic carboxylic acids is 1. The third-order valence-electron chi connectivity index (χ3n) is 3.14. The minimum Gasteiger partial charge on any atom is -0.478 e. The Morgan fingerprint density at radius 1 is 0.952 bits per heavy atom. The van der Waals surface area contributed by atoms with Gasteiger partial charge in [-0.3, -0.25) is 4.21 Å². The highest BCUT2D eigenvalue weighted by Gasteiger charge is 2.06. The van der Waals surface area contributed by atoms with Gasteiger partial charge in [0.2, 0.25) is 0 Å². The molecule has 0 bridgehead atoms. The van der Waals surface area contributed by atoms with E-state index in [2.05, 4.69) is 18.2 Å². The van der Waals surface area contributed by atoms with Crippen LogP contribution in [0.1, 0.15) is 32.6 Å². The van der Waals surface area contributed by atoms with Crippen molar-refractivity contribution >= 4 is 16.8 Å². The summed E-state index contributed by atoms with van der Waals surface area (Å²) in [6.07, 6.45) is 0. The molecule has 1 N–H and O–H groups in total. The Kier molecular flexibility index (Phi) is 4.91. The molecular weight excluding hydrogens is 284 g/mol. The maximum absolute atomic E-state index is 12.2. The molecule has 0 aromatic heterocycles. The zero-order valence-corrected chi connectivity index (χ0v) is 12.9. The molecule has 0 saturated carbocycles. The largest absolute Gasteiger partial charge is 0.478 e. The highest BCUT2D eigenvalue weighted by atomic mass is 32.2. The first-order valence-corrected chi connectivity index (χ1v) is 8.17. The van der Waals surface area contributed by atoms with E-state index in [-0.39, 0.29) is 5.56 Å². The molecule has 0 fully saturated rings. The van der Waals surface area contributed by atoms with Crippen molar-refractivity contribution in [2.75, 3.05) is 0 Å². The SMILES string of the molecule is Cc1cc(C)cc(CS(=O)Cc2ccc(C(=O)O)cc2)c1. The van der Waals surface area contributed by atoms with E-state index in [0.29, 0.717) is 11.5 Å². The number of hydrogen-bond acceptors (Lipinski definition) is 2. The zero-order valence-electron chi connectivity index (χ0n) is 12.1. The standard InChI is InChI=1S/C17H18O3S/c1-12-7-13(2)9-15(8-12)11-21(20)10-14-3-5-16(6-4-14)17(18)19/h3-9H,10-11H2,1-2H3,(H,18,19). The van der Waals surface area contributed by atoms with E-state index >= 15 is 0 Å². The summed E-state index contributed by atoms with van der Waals surface area (Å²) in [4.78, 5) is 10.8. The normalized spacial score (nSPS) is 12.1. The number of rotatable bonds is 5. The Morgan fingerprint density at radius 2 is 1.48 bits per heavy atom. The fourth-order valence-corrected chi connectivity index (χ4v) is 3.52. The Hall–Kier alpha value is -1.94. The lowest BCUT2D eigenvalue weighted by atomic mass is 10.1. The third-order valence-corrected chi connectivity index (χ3v) is 4.45. The molecule has 0 aliphatic heterocycles. The monoisotopic (exact) mass is 302 g/mol. The molecule has 0 radical (unpaired) electrons. The van der Waals surface area contributed by atoms with Crippen molar-refractivity contribution in [1.29, 1.82) is 0 Å². The van der Waals surface area contributed by atoms with Gasteiger partial charge in [-0.15, -0.1) is 0 Å². The van der Waals surface area contributed by atoms with Crippen LogP contribution in [0, 0.1) is 13.8 Å². The molecule has 0 amide bonds. The van der Waals surface area contributed by atoms with Crippen molar-refractivity contribution < 1.29 is 14.1 Å². The first kappa shape index (κ1) is 15.4. The predicted octanol–water partition coefficient (Wildman–Crippen LogP) is 3.45. The Morgan fingerprint density at radius 3 is 2.00 bits per heavy atom. The Labute approximate surface area is 127 Å². The summed E-state index contributed by atoms with van der Waals surface area (Å²) >= 11 is 0. The summed E-state index contributed by atoms with van der Waals surface area (Å²) in [5.74, 6) is 0.00807. The van der Waals surface area contributed by atoms with Gasteiger partial charge in [-0.1, -0.05) is 41.5 Å². The molecule has 0 spiro atoms. The van der Waals surface area contributed by atoms with Crippen LogP contribution in [0.25, 0.3) is 0 Å². The average Bonchev–Trinajstić information content (AvgIpc) is 2.37. The lowest BCUT2D eigenvalue weighted by molar-refractivity contribution is 0.0697. The highest BCUT2D eigenvalue weighted by molar-refractivity contribution is 7.83. The van der Waals surface area contributed by atoms with Gasteiger partial charge in [0.05, 0.1) is 5.56 Å². The summed E-state index contributed by atoms with van der Waals surface area (Å²) in [6, 6.07) is 12.7. The minimum atomic E-state index is -1.00. The first-order chi connectivity index (χ1) is 9.94. The number of carboxylic acid groups (broad SMARTS) is 1. The summed E-state index contributed by atoms with van der Waals surface area (Å²) < 4.78 is 12.2. The van der Waals surface area contributed by atoms with Gasteiger partial charge in [-0.05, 0) is 37.1 Å². The van der Waals surface area contributed by atoms with E-state index in [1.165, 1.54) is 11.1 Å². The molecule has 110 valence electrons. The van der Waals surface area contributed by atoms with Gasteiger partial charge < -0.3 is 5.11 Å². The summed E-state index contributed by atoms with van der Waals surface area (Å²) in [5, 5.41) is 8.84. The van der Waals surface area contributed by atoms with Gasteiger partial charge >= 0.3 is 5.97 Å². The Balaban J connectivity index is 2.02. The van der Waals surface area contributed by atoms with Crippen molar-refractivity contribution in [2.24, 2.45) is 0 Å². The maximum Gasteiger partial charge on any atom is 0.335 e. The molecule has 0 aliphatic carbocycles. The van der Waals surface area contributed by atoms with Crippen LogP contribution in [-0.4, -0.2) is 15.3 Å². The molecule has 3 nitrogen and oxygen atoms in total. The Bertz CT molecular complexity index is 655. The van der Waals surface area contributed by atoms with E-state index in [0.717, 1.165) is 11.1 Å². The minimum absolute atomic E-state index is 0.249. The smallest absolute Gasteiger partial charge is 0.335 e. The van der Waals surface area contributed by atoms with Crippen LogP contribution in [0.15, 0.2) is 42.5 Å². The van der Waals surface area contributed by atoms with Crippen molar-refractivity contribution in [3.8, 4) is 0 Å². The summed E-state index contributed by atoms with van der Waals surface area (Å²) in [6.45, 7) is 4.06. The van der Waals surface area contributed by atoms with Crippen LogP contribution < -0.4 is 0 Å². The molecule has 4 heteroatoms. The van der Waals surface area contributed by atoms with Gasteiger partial charge in [-0.2, -0.15) is 0 Å². The molecule has 0 heterocycles. The van der Waals surface area contributed by atoms with Gasteiger partial charge in [0, 0.05) is 22.3 Å². The average molecular weight is 302 g/mol. The molecule has 2 aromatic carbocycles. The van der Waals surface area contributed by atoms with Gasteiger partial charge in [0.15, 0.2) is 0 Å². The van der Waals surface area contributed by atoms with E-state index in [1.807, 2.05) is 13.8 Å². The van der Waals surface area contributed by atoms with E-state index in [4.69, 9.17) is 5.11 Å². The molecular formula is C17H18O3S. The lowest BCUT2D eigenvalue weighted by Gasteiger charge is -2.06. The van der Waals surface area contributed by atoms with Crippen molar-refractivity contribution in [3.63, 3.8) is 0 Å². The molecule has 0 saturated heterocycles. The second-order valence-corrected chi connectivity index (χ2v) is 6.68. The fourth-order valence-electron chi connectivity index (χ4n) is 2.32. The molecule has 2 rings (SSSR count). The number of carboxylic acids is 1. The number of aryl methyl sites for hydroxylation is 2. The summed E-state index contributed by atoms with van der Waals surface area (Å²) in [5.41, 5.74) is 4.56. The van der Waals surface area contributed by atoms with Gasteiger partial charge in [0.25, 0.3) is 0 Å². The number of carbonyl (C=O) groups is 1. The van der Waals surface area contributed by atoms with Crippen molar-refractivity contribution in [1.82, 2.24) is 0 Å². The van der Waals surface area contributed by atoms with Crippen LogP contribution in [0.4, 0.5) is 0 Å². The molecule has 0 aliphatic rings. The molecule has 1 atom stereocenters. The number of hydrogen-bond donors (Lipinski definition) is 1.